The molecule has 0 aliphatic carbocycles. The molecule has 1 N–H and O–H groups in total. The van der Waals surface area contributed by atoms with Crippen LogP contribution >= 0.6 is 23.2 Å². The van der Waals surface area contributed by atoms with Crippen molar-refractivity contribution < 1.29 is 14.4 Å². The Hall–Kier alpha value is -3.35. The van der Waals surface area contributed by atoms with Crippen molar-refractivity contribution >= 4 is 52.8 Å². The molecule has 0 spiro atoms. The number of aryl methyl sites for hydroxylation is 2. The van der Waals surface area contributed by atoms with Crippen molar-refractivity contribution in [3.63, 3.8) is 0 Å². The Morgan fingerprint density at radius 1 is 0.970 bits per heavy atom. The molecule has 1 aromatic heterocycles. The lowest BCUT2D eigenvalue weighted by molar-refractivity contribution is -0.122. The van der Waals surface area contributed by atoms with E-state index in [4.69, 9.17) is 23.2 Å². The van der Waals surface area contributed by atoms with Crippen LogP contribution in [-0.2, 0) is 16.0 Å². The molecule has 0 saturated carbocycles. The number of hydrogen-bond donors (Lipinski definition) is 1. The average Bonchev–Trinajstić information content (AvgIpc) is 3.04. The molecule has 3 aromatic rings. The number of nitrogens with one attached hydrogen (secondary N) is 1. The number of imide groups is 2. The van der Waals surface area contributed by atoms with E-state index in [0.29, 0.717) is 21.3 Å². The summed E-state index contributed by atoms with van der Waals surface area (Å²) >= 11 is 12.4. The van der Waals surface area contributed by atoms with Crippen molar-refractivity contribution in [1.82, 2.24) is 9.88 Å². The van der Waals surface area contributed by atoms with Gasteiger partial charge in [-0.3, -0.25) is 14.9 Å². The van der Waals surface area contributed by atoms with Crippen LogP contribution in [0, 0.1) is 13.8 Å². The number of carbonyl (C=O) groups is 3. The molecule has 0 unspecified atom stereocenters. The summed E-state index contributed by atoms with van der Waals surface area (Å²) in [5.74, 6) is -1.41. The van der Waals surface area contributed by atoms with Gasteiger partial charge in [0, 0.05) is 16.4 Å². The number of carbonyl (C=O) groups excluding carboxylic acids is 3. The Bertz CT molecular complexity index is 1320. The summed E-state index contributed by atoms with van der Waals surface area (Å²) in [6.45, 7) is 5.77. The number of aromatic nitrogens is 1. The standard InChI is InChI=1S/C25H21Cl2N3O3/c1-4-16-5-8-19(9-6-16)30-24(32)20(23(31)28-25(30)33)12-17-11-14(2)29(15(17)3)22-10-7-18(26)13-21(22)27/h5-13H,4H2,1-3H3,(H,28,31,33)/b20-12-. The molecule has 0 radical (unpaired) electrons. The van der Waals surface area contributed by atoms with E-state index in [-0.39, 0.29) is 5.57 Å². The zero-order valence-corrected chi connectivity index (χ0v) is 19.8. The summed E-state index contributed by atoms with van der Waals surface area (Å²) < 4.78 is 1.92. The van der Waals surface area contributed by atoms with Gasteiger partial charge < -0.3 is 4.57 Å². The number of nitrogens with zero attached hydrogens (tertiary/aromatic N) is 2. The Labute approximate surface area is 201 Å². The third kappa shape index (κ3) is 4.19. The highest BCUT2D eigenvalue weighted by Crippen LogP contribution is 2.30. The first-order valence-electron chi connectivity index (χ1n) is 10.4. The van der Waals surface area contributed by atoms with Crippen LogP contribution in [0.3, 0.4) is 0 Å². The molecule has 168 valence electrons. The predicted octanol–water partition coefficient (Wildman–Crippen LogP) is 5.63. The normalized spacial score (nSPS) is 15.4. The first-order chi connectivity index (χ1) is 15.7. The number of hydrogen-bond acceptors (Lipinski definition) is 3. The lowest BCUT2D eigenvalue weighted by atomic mass is 10.1. The Balaban J connectivity index is 1.75. The van der Waals surface area contributed by atoms with E-state index in [1.54, 1.807) is 30.3 Å². The molecule has 8 heteroatoms. The molecule has 0 bridgehead atoms. The minimum atomic E-state index is -0.773. The molecule has 4 rings (SSSR count). The monoisotopic (exact) mass is 481 g/mol. The number of benzene rings is 2. The number of barbiturate groups is 1. The van der Waals surface area contributed by atoms with Crippen molar-refractivity contribution in [2.24, 2.45) is 0 Å². The Morgan fingerprint density at radius 3 is 2.30 bits per heavy atom. The quantitative estimate of drug-likeness (QED) is 0.387. The topological polar surface area (TPSA) is 71.4 Å². The Kier molecular flexibility index (Phi) is 6.15. The van der Waals surface area contributed by atoms with Crippen LogP contribution in [0.15, 0.2) is 54.1 Å². The average molecular weight is 482 g/mol. The fourth-order valence-electron chi connectivity index (χ4n) is 3.90. The minimum Gasteiger partial charge on any atom is -0.316 e. The number of halogens is 2. The first kappa shape index (κ1) is 22.8. The van der Waals surface area contributed by atoms with Crippen LogP contribution in [0.4, 0.5) is 10.5 Å². The van der Waals surface area contributed by atoms with E-state index in [1.165, 1.54) is 6.08 Å². The largest absolute Gasteiger partial charge is 0.335 e. The SMILES string of the molecule is CCc1ccc(N2C(=O)NC(=O)/C(=C/c3cc(C)n(-c4ccc(Cl)cc4Cl)c3C)C2=O)cc1. The second kappa shape index (κ2) is 8.89. The van der Waals surface area contributed by atoms with Crippen molar-refractivity contribution in [2.45, 2.75) is 27.2 Å². The number of amides is 4. The Morgan fingerprint density at radius 2 is 1.67 bits per heavy atom. The van der Waals surface area contributed by atoms with Crippen molar-refractivity contribution in [3.05, 3.63) is 86.7 Å². The van der Waals surface area contributed by atoms with Gasteiger partial charge in [0.25, 0.3) is 11.8 Å². The summed E-state index contributed by atoms with van der Waals surface area (Å²) in [5.41, 5.74) is 4.36. The highest BCUT2D eigenvalue weighted by atomic mass is 35.5. The van der Waals surface area contributed by atoms with E-state index < -0.39 is 17.8 Å². The summed E-state index contributed by atoms with van der Waals surface area (Å²) in [7, 11) is 0. The van der Waals surface area contributed by atoms with E-state index >= 15 is 0 Å². The molecule has 2 heterocycles. The predicted molar refractivity (Wildman–Crippen MR) is 130 cm³/mol. The second-order valence-corrected chi connectivity index (χ2v) is 8.58. The zero-order chi connectivity index (χ0) is 23.9. The van der Waals surface area contributed by atoms with Gasteiger partial charge in [-0.2, -0.15) is 0 Å². The smallest absolute Gasteiger partial charge is 0.316 e. The molecule has 1 saturated heterocycles. The van der Waals surface area contributed by atoms with Gasteiger partial charge in [0.2, 0.25) is 0 Å². The van der Waals surface area contributed by atoms with Crippen LogP contribution in [-0.4, -0.2) is 22.4 Å². The van der Waals surface area contributed by atoms with Gasteiger partial charge in [0.15, 0.2) is 0 Å². The third-order valence-electron chi connectivity index (χ3n) is 5.63. The highest BCUT2D eigenvalue weighted by Gasteiger charge is 2.37. The van der Waals surface area contributed by atoms with E-state index in [0.717, 1.165) is 34.0 Å². The fourth-order valence-corrected chi connectivity index (χ4v) is 4.39. The van der Waals surface area contributed by atoms with Crippen LogP contribution in [0.2, 0.25) is 10.0 Å². The highest BCUT2D eigenvalue weighted by molar-refractivity contribution is 6.39. The fraction of sp³-hybridized carbons (Fsp3) is 0.160. The number of urea groups is 1. The van der Waals surface area contributed by atoms with Gasteiger partial charge in [0.1, 0.15) is 5.57 Å². The van der Waals surface area contributed by atoms with Gasteiger partial charge in [0.05, 0.1) is 16.4 Å². The molecule has 1 fully saturated rings. The van der Waals surface area contributed by atoms with E-state index in [2.05, 4.69) is 5.32 Å². The van der Waals surface area contributed by atoms with Crippen LogP contribution in [0.25, 0.3) is 11.8 Å². The summed E-state index contributed by atoms with van der Waals surface area (Å²) in [6.07, 6.45) is 2.33. The minimum absolute atomic E-state index is 0.128. The van der Waals surface area contributed by atoms with Crippen LogP contribution in [0.5, 0.6) is 0 Å². The van der Waals surface area contributed by atoms with E-state index in [1.807, 2.05) is 43.5 Å². The molecule has 6 nitrogen and oxygen atoms in total. The van der Waals surface area contributed by atoms with Crippen molar-refractivity contribution in [3.8, 4) is 5.69 Å². The maximum atomic E-state index is 13.2. The molecule has 33 heavy (non-hydrogen) atoms. The molecule has 0 atom stereocenters. The van der Waals surface area contributed by atoms with Crippen molar-refractivity contribution in [1.29, 1.82) is 0 Å². The third-order valence-corrected chi connectivity index (χ3v) is 6.16. The van der Waals surface area contributed by atoms with Crippen LogP contribution in [0.1, 0.15) is 29.4 Å². The van der Waals surface area contributed by atoms with Gasteiger partial charge in [-0.25, -0.2) is 9.69 Å². The molecular weight excluding hydrogens is 461 g/mol. The van der Waals surface area contributed by atoms with Crippen LogP contribution < -0.4 is 10.2 Å². The number of rotatable bonds is 4. The molecule has 1 aliphatic heterocycles. The second-order valence-electron chi connectivity index (χ2n) is 7.74. The summed E-state index contributed by atoms with van der Waals surface area (Å²) in [6, 6.07) is 13.4. The van der Waals surface area contributed by atoms with Gasteiger partial charge in [-0.15, -0.1) is 0 Å². The number of anilines is 1. The summed E-state index contributed by atoms with van der Waals surface area (Å²) in [4.78, 5) is 39.2. The van der Waals surface area contributed by atoms with Gasteiger partial charge in [-0.1, -0.05) is 42.3 Å². The maximum absolute atomic E-state index is 13.2. The van der Waals surface area contributed by atoms with Crippen molar-refractivity contribution in [2.75, 3.05) is 4.90 Å². The molecule has 1 aliphatic rings. The molecule has 4 amide bonds. The lowest BCUT2D eigenvalue weighted by Gasteiger charge is -2.26. The molecule has 2 aromatic carbocycles. The van der Waals surface area contributed by atoms with Gasteiger partial charge in [-0.05, 0) is 73.9 Å². The zero-order valence-electron chi connectivity index (χ0n) is 18.3. The first-order valence-corrected chi connectivity index (χ1v) is 11.1. The lowest BCUT2D eigenvalue weighted by Crippen LogP contribution is -2.54. The van der Waals surface area contributed by atoms with Gasteiger partial charge >= 0.3 is 6.03 Å². The molecular formula is C25H21Cl2N3O3. The van der Waals surface area contributed by atoms with E-state index in [9.17, 15) is 14.4 Å². The maximum Gasteiger partial charge on any atom is 0.335 e. The summed E-state index contributed by atoms with van der Waals surface area (Å²) in [5, 5.41) is 3.26.